The van der Waals surface area contributed by atoms with Gasteiger partial charge in [0.15, 0.2) is 5.92 Å². The van der Waals surface area contributed by atoms with Crippen molar-refractivity contribution in [3.63, 3.8) is 0 Å². The van der Waals surface area contributed by atoms with E-state index in [9.17, 15) is 14.9 Å². The van der Waals surface area contributed by atoms with Crippen LogP contribution in [0.1, 0.15) is 27.8 Å². The summed E-state index contributed by atoms with van der Waals surface area (Å²) >= 11 is 6.28. The molecule has 0 bridgehead atoms. The number of hydrogen-bond donors (Lipinski definition) is 1. The number of carbonyl (C=O) groups is 1. The number of nitrogens with zero attached hydrogens (tertiary/aromatic N) is 6. The largest absolute Gasteiger partial charge is 0.338 e. The van der Waals surface area contributed by atoms with Gasteiger partial charge in [-0.15, -0.1) is 0 Å². The molecule has 0 spiro atoms. The number of para-hydroxylation sites is 1. The van der Waals surface area contributed by atoms with Crippen molar-refractivity contribution in [3.05, 3.63) is 93.3 Å². The fourth-order valence-electron chi connectivity index (χ4n) is 4.25. The van der Waals surface area contributed by atoms with Crippen molar-refractivity contribution in [2.75, 3.05) is 31.1 Å². The van der Waals surface area contributed by atoms with E-state index >= 15 is 0 Å². The summed E-state index contributed by atoms with van der Waals surface area (Å²) in [6, 6.07) is 18.9. The van der Waals surface area contributed by atoms with Crippen LogP contribution in [-0.2, 0) is 6.54 Å². The number of Topliss-reactive ketones (excluding diaryl/α,β-unsaturated/α-hetero) is 1. The standard InChI is InChI=1S/C26H22ClN7O2/c27-20-15-29-26(34-12-10-33(11-13-34)16-17-6-2-1-3-7-17)31-22(20)23(35)19(14-28)24-30-21-9-5-4-8-18(21)25(36)32-24/h1-9,15,19H,10-13,16H2,(H,30,32,36). The summed E-state index contributed by atoms with van der Waals surface area (Å²) in [7, 11) is 0. The molecule has 10 heteroatoms. The van der Waals surface area contributed by atoms with Crippen LogP contribution >= 0.6 is 11.6 Å². The van der Waals surface area contributed by atoms with E-state index in [0.29, 0.717) is 29.9 Å². The van der Waals surface area contributed by atoms with Crippen molar-refractivity contribution in [1.29, 1.82) is 5.26 Å². The van der Waals surface area contributed by atoms with E-state index in [1.54, 1.807) is 24.3 Å². The van der Waals surface area contributed by atoms with Crippen LogP contribution in [0.15, 0.2) is 65.6 Å². The number of ketones is 1. The van der Waals surface area contributed by atoms with Gasteiger partial charge < -0.3 is 9.88 Å². The number of fused-ring (bicyclic) bond motifs is 1. The molecular formula is C26H22ClN7O2. The van der Waals surface area contributed by atoms with E-state index in [0.717, 1.165) is 19.6 Å². The Morgan fingerprint density at radius 3 is 2.53 bits per heavy atom. The molecule has 36 heavy (non-hydrogen) atoms. The van der Waals surface area contributed by atoms with Gasteiger partial charge in [0.2, 0.25) is 11.7 Å². The maximum Gasteiger partial charge on any atom is 0.258 e. The number of nitriles is 1. The van der Waals surface area contributed by atoms with Crippen molar-refractivity contribution in [3.8, 4) is 6.07 Å². The van der Waals surface area contributed by atoms with Crippen LogP contribution in [0.5, 0.6) is 0 Å². The molecule has 1 fully saturated rings. The average molecular weight is 500 g/mol. The molecule has 3 heterocycles. The van der Waals surface area contributed by atoms with Crippen LogP contribution in [0.25, 0.3) is 10.9 Å². The lowest BCUT2D eigenvalue weighted by Crippen LogP contribution is -2.46. The maximum atomic E-state index is 13.3. The number of piperazine rings is 1. The van der Waals surface area contributed by atoms with Crippen LogP contribution in [-0.4, -0.2) is 56.8 Å². The molecule has 5 rings (SSSR count). The Balaban J connectivity index is 1.35. The molecule has 0 amide bonds. The maximum absolute atomic E-state index is 13.3. The van der Waals surface area contributed by atoms with E-state index < -0.39 is 17.3 Å². The van der Waals surface area contributed by atoms with Gasteiger partial charge in [-0.05, 0) is 17.7 Å². The average Bonchev–Trinajstić information content (AvgIpc) is 2.90. The number of benzene rings is 2. The summed E-state index contributed by atoms with van der Waals surface area (Å²) in [5, 5.41) is 10.2. The third kappa shape index (κ3) is 4.82. The highest BCUT2D eigenvalue weighted by molar-refractivity contribution is 6.33. The van der Waals surface area contributed by atoms with E-state index in [2.05, 4.69) is 37.0 Å². The molecule has 0 aliphatic carbocycles. The molecule has 1 aliphatic rings. The summed E-state index contributed by atoms with van der Waals surface area (Å²) in [4.78, 5) is 45.8. The highest BCUT2D eigenvalue weighted by Gasteiger charge is 2.29. The van der Waals surface area contributed by atoms with Gasteiger partial charge in [-0.25, -0.2) is 15.0 Å². The van der Waals surface area contributed by atoms with Gasteiger partial charge in [0.05, 0.1) is 28.2 Å². The summed E-state index contributed by atoms with van der Waals surface area (Å²) in [5.41, 5.74) is 1.15. The summed E-state index contributed by atoms with van der Waals surface area (Å²) in [6.07, 6.45) is 1.37. The van der Waals surface area contributed by atoms with Crippen molar-refractivity contribution >= 4 is 34.2 Å². The zero-order valence-electron chi connectivity index (χ0n) is 19.3. The van der Waals surface area contributed by atoms with E-state index in [-0.39, 0.29) is 16.5 Å². The molecule has 4 aromatic rings. The molecule has 0 radical (unpaired) electrons. The van der Waals surface area contributed by atoms with Crippen LogP contribution < -0.4 is 10.5 Å². The molecule has 2 aromatic carbocycles. The SMILES string of the molecule is N#CC(C(=O)c1nc(N2CCN(Cc3ccccc3)CC2)ncc1Cl)c1nc2ccccc2c(=O)[nH]1. The lowest BCUT2D eigenvalue weighted by atomic mass is 10.0. The van der Waals surface area contributed by atoms with Crippen LogP contribution in [0.2, 0.25) is 5.02 Å². The summed E-state index contributed by atoms with van der Waals surface area (Å²) in [6.45, 7) is 3.85. The molecule has 1 unspecified atom stereocenters. The molecule has 1 atom stereocenters. The minimum Gasteiger partial charge on any atom is -0.338 e. The van der Waals surface area contributed by atoms with Crippen LogP contribution in [0.4, 0.5) is 5.95 Å². The third-order valence-electron chi connectivity index (χ3n) is 6.16. The highest BCUT2D eigenvalue weighted by Crippen LogP contribution is 2.24. The van der Waals surface area contributed by atoms with Crippen molar-refractivity contribution in [2.45, 2.75) is 12.5 Å². The Morgan fingerprint density at radius 2 is 1.78 bits per heavy atom. The fraction of sp³-hybridized carbons (Fsp3) is 0.231. The number of halogens is 1. The van der Waals surface area contributed by atoms with Crippen LogP contribution in [0, 0.1) is 11.3 Å². The minimum absolute atomic E-state index is 0.0369. The molecule has 180 valence electrons. The number of rotatable bonds is 6. The Hall–Kier alpha value is -4.13. The molecular weight excluding hydrogens is 478 g/mol. The smallest absolute Gasteiger partial charge is 0.258 e. The third-order valence-corrected chi connectivity index (χ3v) is 6.44. The zero-order valence-corrected chi connectivity index (χ0v) is 20.0. The highest BCUT2D eigenvalue weighted by atomic mass is 35.5. The number of H-pyrrole nitrogens is 1. The van der Waals surface area contributed by atoms with Gasteiger partial charge in [-0.2, -0.15) is 5.26 Å². The molecule has 2 aromatic heterocycles. The number of nitrogens with one attached hydrogen (secondary N) is 1. The Bertz CT molecular complexity index is 1510. The van der Waals surface area contributed by atoms with Gasteiger partial charge in [0.1, 0.15) is 11.5 Å². The molecule has 1 N–H and O–H groups in total. The van der Waals surface area contributed by atoms with E-state index in [4.69, 9.17) is 11.6 Å². The Morgan fingerprint density at radius 1 is 1.06 bits per heavy atom. The molecule has 1 saturated heterocycles. The number of hydrogen-bond acceptors (Lipinski definition) is 8. The van der Waals surface area contributed by atoms with Crippen molar-refractivity contribution < 1.29 is 4.79 Å². The van der Waals surface area contributed by atoms with Gasteiger partial charge in [0, 0.05) is 32.7 Å². The lowest BCUT2D eigenvalue weighted by molar-refractivity contribution is 0.0971. The van der Waals surface area contributed by atoms with Gasteiger partial charge in [0.25, 0.3) is 5.56 Å². The first-order valence-electron chi connectivity index (χ1n) is 11.5. The first-order chi connectivity index (χ1) is 17.5. The quantitative estimate of drug-likeness (QED) is 0.402. The summed E-state index contributed by atoms with van der Waals surface area (Å²) in [5.74, 6) is -1.69. The van der Waals surface area contributed by atoms with Gasteiger partial charge >= 0.3 is 0 Å². The second-order valence-electron chi connectivity index (χ2n) is 8.51. The number of aromatic amines is 1. The minimum atomic E-state index is -1.37. The first-order valence-corrected chi connectivity index (χ1v) is 11.9. The van der Waals surface area contributed by atoms with Crippen molar-refractivity contribution in [1.82, 2.24) is 24.8 Å². The normalized spacial score (nSPS) is 14.9. The first kappa shape index (κ1) is 23.6. The van der Waals surface area contributed by atoms with Crippen molar-refractivity contribution in [2.24, 2.45) is 0 Å². The molecule has 9 nitrogen and oxygen atoms in total. The predicted octanol–water partition coefficient (Wildman–Crippen LogP) is 3.18. The molecule has 0 saturated carbocycles. The van der Waals surface area contributed by atoms with E-state index in [1.807, 2.05) is 29.2 Å². The lowest BCUT2D eigenvalue weighted by Gasteiger charge is -2.34. The second-order valence-corrected chi connectivity index (χ2v) is 8.92. The number of carbonyl (C=O) groups excluding carboxylic acids is 1. The zero-order chi connectivity index (χ0) is 25.1. The monoisotopic (exact) mass is 499 g/mol. The van der Waals surface area contributed by atoms with Crippen LogP contribution in [0.3, 0.4) is 0 Å². The van der Waals surface area contributed by atoms with E-state index in [1.165, 1.54) is 11.8 Å². The second kappa shape index (κ2) is 10.2. The Labute approximate surface area is 212 Å². The van der Waals surface area contributed by atoms with Gasteiger partial charge in [-0.3, -0.25) is 14.5 Å². The summed E-state index contributed by atoms with van der Waals surface area (Å²) < 4.78 is 0. The topological polar surface area (TPSA) is 119 Å². The predicted molar refractivity (Wildman–Crippen MR) is 136 cm³/mol. The van der Waals surface area contributed by atoms with Gasteiger partial charge in [-0.1, -0.05) is 54.1 Å². The fourth-order valence-corrected chi connectivity index (χ4v) is 4.44. The number of anilines is 1. The number of aromatic nitrogens is 4. The molecule has 1 aliphatic heterocycles. The Kier molecular flexibility index (Phi) is 6.71.